The molecule has 2 rings (SSSR count). The second kappa shape index (κ2) is 6.86. The number of hydrogen-bond donors (Lipinski definition) is 1. The van der Waals surface area contributed by atoms with Gasteiger partial charge in [0.25, 0.3) is 0 Å². The summed E-state index contributed by atoms with van der Waals surface area (Å²) < 4.78 is 15.7. The minimum absolute atomic E-state index is 0.142. The highest BCUT2D eigenvalue weighted by molar-refractivity contribution is 6.30. The van der Waals surface area contributed by atoms with Crippen LogP contribution in [0.1, 0.15) is 18.2 Å². The number of halogens is 2. The molecule has 0 amide bonds. The van der Waals surface area contributed by atoms with E-state index in [0.29, 0.717) is 12.0 Å². The van der Waals surface area contributed by atoms with Gasteiger partial charge in [-0.3, -0.25) is 4.68 Å². The van der Waals surface area contributed by atoms with Gasteiger partial charge in [-0.05, 0) is 30.7 Å². The lowest BCUT2D eigenvalue weighted by Crippen LogP contribution is -2.33. The van der Waals surface area contributed by atoms with E-state index in [1.807, 2.05) is 26.2 Å². The first kappa shape index (κ1) is 15.0. The Kier molecular flexibility index (Phi) is 5.15. The van der Waals surface area contributed by atoms with Gasteiger partial charge in [-0.1, -0.05) is 30.7 Å². The highest BCUT2D eigenvalue weighted by Crippen LogP contribution is 2.19. The van der Waals surface area contributed by atoms with Crippen LogP contribution in [0.4, 0.5) is 4.39 Å². The molecule has 1 aromatic heterocycles. The van der Waals surface area contributed by atoms with E-state index in [1.54, 1.807) is 22.9 Å². The van der Waals surface area contributed by atoms with Crippen molar-refractivity contribution in [1.82, 2.24) is 15.1 Å². The van der Waals surface area contributed by atoms with Gasteiger partial charge >= 0.3 is 0 Å². The fraction of sp³-hybridized carbons (Fsp3) is 0.400. The fourth-order valence-corrected chi connectivity index (χ4v) is 2.50. The van der Waals surface area contributed by atoms with Crippen LogP contribution in [-0.4, -0.2) is 22.4 Å². The molecule has 1 unspecified atom stereocenters. The smallest absolute Gasteiger partial charge is 0.145 e. The van der Waals surface area contributed by atoms with E-state index >= 15 is 0 Å². The normalized spacial score (nSPS) is 12.6. The first-order chi connectivity index (χ1) is 9.60. The van der Waals surface area contributed by atoms with Crippen LogP contribution in [-0.2, 0) is 19.9 Å². The van der Waals surface area contributed by atoms with Gasteiger partial charge in [0.2, 0.25) is 0 Å². The molecule has 5 heteroatoms. The Labute approximate surface area is 123 Å². The van der Waals surface area contributed by atoms with Crippen LogP contribution in [0.25, 0.3) is 0 Å². The Morgan fingerprint density at radius 1 is 1.35 bits per heavy atom. The number of nitrogens with one attached hydrogen (secondary N) is 1. The van der Waals surface area contributed by atoms with Gasteiger partial charge in [0.1, 0.15) is 5.82 Å². The van der Waals surface area contributed by atoms with Gasteiger partial charge in [0.05, 0.1) is 10.7 Å². The lowest BCUT2D eigenvalue weighted by atomic mass is 10.0. The molecule has 1 N–H and O–H groups in total. The average Bonchev–Trinajstić information content (AvgIpc) is 2.81. The number of rotatable bonds is 6. The second-order valence-corrected chi connectivity index (χ2v) is 5.26. The topological polar surface area (TPSA) is 29.9 Å². The summed E-state index contributed by atoms with van der Waals surface area (Å²) in [5.41, 5.74) is 1.64. The van der Waals surface area contributed by atoms with E-state index < -0.39 is 0 Å². The maximum absolute atomic E-state index is 14.0. The molecule has 1 heterocycles. The number of benzene rings is 1. The van der Waals surface area contributed by atoms with Gasteiger partial charge in [-0.15, -0.1) is 0 Å². The fourth-order valence-electron chi connectivity index (χ4n) is 2.30. The van der Waals surface area contributed by atoms with Crippen molar-refractivity contribution in [1.29, 1.82) is 0 Å². The molecule has 0 saturated heterocycles. The minimum Gasteiger partial charge on any atom is -0.314 e. The van der Waals surface area contributed by atoms with Gasteiger partial charge in [0, 0.05) is 25.7 Å². The third-order valence-corrected chi connectivity index (χ3v) is 3.51. The monoisotopic (exact) mass is 295 g/mol. The minimum atomic E-state index is -0.321. The molecule has 0 radical (unpaired) electrons. The van der Waals surface area contributed by atoms with E-state index in [-0.39, 0.29) is 16.9 Å². The SMILES string of the molecule is CCNC(Cc1ccn(C)n1)Cc1cccc(Cl)c1F. The van der Waals surface area contributed by atoms with Crippen molar-refractivity contribution in [2.24, 2.45) is 7.05 Å². The highest BCUT2D eigenvalue weighted by Gasteiger charge is 2.15. The average molecular weight is 296 g/mol. The molecule has 2 aromatic rings. The van der Waals surface area contributed by atoms with Crippen molar-refractivity contribution in [2.75, 3.05) is 6.54 Å². The molecule has 0 spiro atoms. The summed E-state index contributed by atoms with van der Waals surface area (Å²) in [5.74, 6) is -0.321. The van der Waals surface area contributed by atoms with Crippen LogP contribution in [0.15, 0.2) is 30.5 Å². The molecule has 108 valence electrons. The molecule has 0 fully saturated rings. The summed E-state index contributed by atoms with van der Waals surface area (Å²) in [6.07, 6.45) is 3.27. The molecule has 20 heavy (non-hydrogen) atoms. The molecule has 3 nitrogen and oxygen atoms in total. The molecular formula is C15H19ClFN3. The van der Waals surface area contributed by atoms with E-state index in [4.69, 9.17) is 11.6 Å². The third kappa shape index (κ3) is 3.81. The zero-order chi connectivity index (χ0) is 14.5. The number of aryl methyl sites for hydroxylation is 1. The standard InChI is InChI=1S/C15H19ClFN3/c1-3-18-13(10-12-7-8-20(2)19-12)9-11-5-4-6-14(16)15(11)17/h4-8,13,18H,3,9-10H2,1-2H3. The zero-order valence-corrected chi connectivity index (χ0v) is 12.5. The Morgan fingerprint density at radius 3 is 2.80 bits per heavy atom. The van der Waals surface area contributed by atoms with Gasteiger partial charge in [0.15, 0.2) is 0 Å². The molecule has 1 atom stereocenters. The van der Waals surface area contributed by atoms with Crippen molar-refractivity contribution in [3.63, 3.8) is 0 Å². The first-order valence-corrected chi connectivity index (χ1v) is 7.12. The molecule has 0 bridgehead atoms. The number of nitrogens with zero attached hydrogens (tertiary/aromatic N) is 2. The summed E-state index contributed by atoms with van der Waals surface area (Å²) in [6, 6.07) is 7.26. The predicted octanol–water partition coefficient (Wildman–Crippen LogP) is 2.98. The first-order valence-electron chi connectivity index (χ1n) is 6.75. The van der Waals surface area contributed by atoms with Crippen LogP contribution in [0.3, 0.4) is 0 Å². The molecule has 0 aliphatic heterocycles. The number of aromatic nitrogens is 2. The van der Waals surface area contributed by atoms with Gasteiger partial charge < -0.3 is 5.32 Å². The number of hydrogen-bond acceptors (Lipinski definition) is 2. The molecule has 0 aliphatic rings. The maximum atomic E-state index is 14.0. The van der Waals surface area contributed by atoms with Crippen LogP contribution >= 0.6 is 11.6 Å². The quantitative estimate of drug-likeness (QED) is 0.888. The lowest BCUT2D eigenvalue weighted by molar-refractivity contribution is 0.499. The van der Waals surface area contributed by atoms with E-state index in [9.17, 15) is 4.39 Å². The number of likely N-dealkylation sites (N-methyl/N-ethyl adjacent to an activating group) is 1. The summed E-state index contributed by atoms with van der Waals surface area (Å²) >= 11 is 5.83. The highest BCUT2D eigenvalue weighted by atomic mass is 35.5. The molecule has 1 aromatic carbocycles. The van der Waals surface area contributed by atoms with Crippen LogP contribution in [0.2, 0.25) is 5.02 Å². The second-order valence-electron chi connectivity index (χ2n) is 4.86. The van der Waals surface area contributed by atoms with Gasteiger partial charge in [-0.25, -0.2) is 4.39 Å². The van der Waals surface area contributed by atoms with Crippen molar-refractivity contribution in [2.45, 2.75) is 25.8 Å². The molecule has 0 saturated carbocycles. The Morgan fingerprint density at radius 2 is 2.15 bits per heavy atom. The summed E-state index contributed by atoms with van der Waals surface area (Å²) in [5, 5.41) is 7.92. The summed E-state index contributed by atoms with van der Waals surface area (Å²) in [7, 11) is 1.89. The summed E-state index contributed by atoms with van der Waals surface area (Å²) in [4.78, 5) is 0. The Balaban J connectivity index is 2.10. The molecular weight excluding hydrogens is 277 g/mol. The maximum Gasteiger partial charge on any atom is 0.145 e. The van der Waals surface area contributed by atoms with Crippen LogP contribution in [0, 0.1) is 5.82 Å². The van der Waals surface area contributed by atoms with Crippen molar-refractivity contribution in [3.8, 4) is 0 Å². The summed E-state index contributed by atoms with van der Waals surface area (Å²) in [6.45, 7) is 2.87. The largest absolute Gasteiger partial charge is 0.314 e. The van der Waals surface area contributed by atoms with E-state index in [2.05, 4.69) is 10.4 Å². The zero-order valence-electron chi connectivity index (χ0n) is 11.7. The third-order valence-electron chi connectivity index (χ3n) is 3.22. The van der Waals surface area contributed by atoms with Crippen molar-refractivity contribution < 1.29 is 4.39 Å². The Bertz CT molecular complexity index is 568. The van der Waals surface area contributed by atoms with Gasteiger partial charge in [-0.2, -0.15) is 5.10 Å². The van der Waals surface area contributed by atoms with Crippen molar-refractivity contribution >= 4 is 11.6 Å². The van der Waals surface area contributed by atoms with E-state index in [0.717, 1.165) is 18.7 Å². The Hall–Kier alpha value is -1.39. The van der Waals surface area contributed by atoms with Crippen molar-refractivity contribution in [3.05, 3.63) is 52.6 Å². The van der Waals surface area contributed by atoms with E-state index in [1.165, 1.54) is 0 Å². The van der Waals surface area contributed by atoms with Crippen LogP contribution in [0.5, 0.6) is 0 Å². The lowest BCUT2D eigenvalue weighted by Gasteiger charge is -2.17. The predicted molar refractivity (Wildman–Crippen MR) is 79.5 cm³/mol. The van der Waals surface area contributed by atoms with Crippen LogP contribution < -0.4 is 5.32 Å². The molecule has 0 aliphatic carbocycles.